The molecule has 3 fully saturated rings. The Labute approximate surface area is 174 Å². The van der Waals surface area contributed by atoms with Crippen LogP contribution < -0.4 is 0 Å². The molecule has 1 aromatic heterocycles. The van der Waals surface area contributed by atoms with Gasteiger partial charge in [0.25, 0.3) is 0 Å². The Balaban J connectivity index is 1.31. The number of piperidine rings is 1. The van der Waals surface area contributed by atoms with Crippen molar-refractivity contribution < 1.29 is 14.3 Å². The first-order valence-corrected chi connectivity index (χ1v) is 11.3. The normalized spacial score (nSPS) is 25.1. The van der Waals surface area contributed by atoms with Crippen molar-refractivity contribution in [2.75, 3.05) is 40.0 Å². The molecular formula is C23H35N3O3. The van der Waals surface area contributed by atoms with E-state index < -0.39 is 0 Å². The van der Waals surface area contributed by atoms with Crippen LogP contribution in [0, 0.1) is 0 Å². The van der Waals surface area contributed by atoms with Crippen LogP contribution in [0.4, 0.5) is 0 Å². The van der Waals surface area contributed by atoms with E-state index in [1.54, 1.807) is 19.5 Å². The summed E-state index contributed by atoms with van der Waals surface area (Å²) in [4.78, 5) is 21.6. The van der Waals surface area contributed by atoms with E-state index in [1.165, 1.54) is 32.1 Å². The van der Waals surface area contributed by atoms with Crippen LogP contribution in [0.2, 0.25) is 0 Å². The second-order valence-electron chi connectivity index (χ2n) is 8.82. The Morgan fingerprint density at radius 2 is 2.00 bits per heavy atom. The predicted molar refractivity (Wildman–Crippen MR) is 112 cm³/mol. The maximum atomic E-state index is 12.7. The fraction of sp³-hybridized carbons (Fsp3) is 0.739. The van der Waals surface area contributed by atoms with Crippen molar-refractivity contribution in [3.05, 3.63) is 30.1 Å². The third-order valence-corrected chi connectivity index (χ3v) is 7.20. The molecule has 1 spiro atoms. The molecule has 4 rings (SSSR count). The third-order valence-electron chi connectivity index (χ3n) is 7.20. The van der Waals surface area contributed by atoms with Gasteiger partial charge in [-0.3, -0.25) is 14.7 Å². The van der Waals surface area contributed by atoms with Crippen molar-refractivity contribution in [1.29, 1.82) is 0 Å². The molecule has 1 atom stereocenters. The number of likely N-dealkylation sites (tertiary alicyclic amines) is 2. The van der Waals surface area contributed by atoms with Gasteiger partial charge in [-0.15, -0.1) is 0 Å². The van der Waals surface area contributed by atoms with Gasteiger partial charge in [0.2, 0.25) is 5.91 Å². The number of ether oxygens (including phenoxy) is 2. The molecule has 2 aliphatic heterocycles. The number of pyridine rings is 1. The summed E-state index contributed by atoms with van der Waals surface area (Å²) in [5, 5.41) is 0. The molecule has 29 heavy (non-hydrogen) atoms. The van der Waals surface area contributed by atoms with Crippen LogP contribution in [0.15, 0.2) is 24.5 Å². The fourth-order valence-electron chi connectivity index (χ4n) is 5.59. The number of carbonyl (C=O) groups excluding carboxylic acids is 1. The highest BCUT2D eigenvalue weighted by molar-refractivity contribution is 5.78. The van der Waals surface area contributed by atoms with E-state index in [0.29, 0.717) is 31.8 Å². The first kappa shape index (κ1) is 20.8. The first-order chi connectivity index (χ1) is 14.2. The maximum absolute atomic E-state index is 12.7. The van der Waals surface area contributed by atoms with Gasteiger partial charge in [0, 0.05) is 50.7 Å². The minimum atomic E-state index is 0.230. The number of aromatic nitrogens is 1. The van der Waals surface area contributed by atoms with Crippen LogP contribution >= 0.6 is 0 Å². The van der Waals surface area contributed by atoms with E-state index in [0.717, 1.165) is 38.0 Å². The lowest BCUT2D eigenvalue weighted by Crippen LogP contribution is -2.75. The second kappa shape index (κ2) is 9.54. The van der Waals surface area contributed by atoms with Gasteiger partial charge in [-0.2, -0.15) is 0 Å². The number of carbonyl (C=O) groups is 1. The van der Waals surface area contributed by atoms with E-state index in [1.807, 2.05) is 17.0 Å². The minimum Gasteiger partial charge on any atom is -0.382 e. The fourth-order valence-corrected chi connectivity index (χ4v) is 5.59. The van der Waals surface area contributed by atoms with E-state index in [4.69, 9.17) is 9.47 Å². The highest BCUT2D eigenvalue weighted by Gasteiger charge is 2.56. The molecule has 6 heteroatoms. The topological polar surface area (TPSA) is 54.9 Å². The molecule has 1 saturated carbocycles. The van der Waals surface area contributed by atoms with Gasteiger partial charge in [-0.25, -0.2) is 0 Å². The SMILES string of the molecule is COCCOC1CN(C2CCN(C(=O)Cc3cccnc3)CC2)C12CCCCC2. The number of rotatable bonds is 7. The predicted octanol–water partition coefficient (Wildman–Crippen LogP) is 2.67. The second-order valence-corrected chi connectivity index (χ2v) is 8.82. The molecule has 3 heterocycles. The Bertz CT molecular complexity index is 655. The Kier molecular flexibility index (Phi) is 6.83. The summed E-state index contributed by atoms with van der Waals surface area (Å²) in [6.07, 6.45) is 13.0. The van der Waals surface area contributed by atoms with Gasteiger partial charge in [-0.05, 0) is 37.3 Å². The summed E-state index contributed by atoms with van der Waals surface area (Å²) >= 11 is 0. The molecule has 160 valence electrons. The van der Waals surface area contributed by atoms with Crippen molar-refractivity contribution in [1.82, 2.24) is 14.8 Å². The number of methoxy groups -OCH3 is 1. The van der Waals surface area contributed by atoms with Gasteiger partial charge in [0.05, 0.1) is 25.7 Å². The summed E-state index contributed by atoms with van der Waals surface area (Å²) in [6, 6.07) is 4.46. The van der Waals surface area contributed by atoms with Gasteiger partial charge < -0.3 is 14.4 Å². The molecule has 0 aromatic carbocycles. The first-order valence-electron chi connectivity index (χ1n) is 11.3. The van der Waals surface area contributed by atoms with Crippen LogP contribution in [-0.2, 0) is 20.7 Å². The molecule has 2 saturated heterocycles. The van der Waals surface area contributed by atoms with Crippen molar-refractivity contribution in [3.63, 3.8) is 0 Å². The van der Waals surface area contributed by atoms with Crippen LogP contribution in [-0.4, -0.2) is 78.3 Å². The lowest BCUT2D eigenvalue weighted by Gasteiger charge is -2.63. The van der Waals surface area contributed by atoms with Crippen LogP contribution in [0.25, 0.3) is 0 Å². The van der Waals surface area contributed by atoms with Crippen LogP contribution in [0.1, 0.15) is 50.5 Å². The maximum Gasteiger partial charge on any atom is 0.227 e. The average Bonchev–Trinajstić information content (AvgIpc) is 2.77. The molecule has 3 aliphatic rings. The van der Waals surface area contributed by atoms with Gasteiger partial charge >= 0.3 is 0 Å². The molecule has 1 amide bonds. The standard InChI is InChI=1S/C23H35N3O3/c1-28-14-15-29-21-18-26(23(21)9-3-2-4-10-23)20-7-12-25(13-8-20)22(27)16-19-6-5-11-24-17-19/h5-6,11,17,20-21H,2-4,7-10,12-16,18H2,1H3. The summed E-state index contributed by atoms with van der Waals surface area (Å²) in [6.45, 7) is 4.14. The largest absolute Gasteiger partial charge is 0.382 e. The Morgan fingerprint density at radius 3 is 2.69 bits per heavy atom. The summed E-state index contributed by atoms with van der Waals surface area (Å²) in [7, 11) is 1.73. The van der Waals surface area contributed by atoms with Crippen molar-refractivity contribution >= 4 is 5.91 Å². The van der Waals surface area contributed by atoms with Gasteiger partial charge in [-0.1, -0.05) is 25.3 Å². The third kappa shape index (κ3) is 4.49. The smallest absolute Gasteiger partial charge is 0.227 e. The zero-order valence-electron chi connectivity index (χ0n) is 17.7. The molecule has 0 N–H and O–H groups in total. The number of hydrogen-bond acceptors (Lipinski definition) is 5. The molecule has 0 bridgehead atoms. The molecular weight excluding hydrogens is 366 g/mol. The summed E-state index contributed by atoms with van der Waals surface area (Å²) < 4.78 is 11.4. The lowest BCUT2D eigenvalue weighted by atomic mass is 9.69. The zero-order chi connectivity index (χ0) is 20.1. The number of hydrogen-bond donors (Lipinski definition) is 0. The van der Waals surface area contributed by atoms with Crippen LogP contribution in [0.3, 0.4) is 0 Å². The summed E-state index contributed by atoms with van der Waals surface area (Å²) in [5.74, 6) is 0.230. The molecule has 6 nitrogen and oxygen atoms in total. The monoisotopic (exact) mass is 401 g/mol. The minimum absolute atomic E-state index is 0.230. The molecule has 1 aliphatic carbocycles. The zero-order valence-corrected chi connectivity index (χ0v) is 17.7. The summed E-state index contributed by atoms with van der Waals surface area (Å²) in [5.41, 5.74) is 1.23. The van der Waals surface area contributed by atoms with E-state index in [2.05, 4.69) is 9.88 Å². The number of amides is 1. The van der Waals surface area contributed by atoms with Gasteiger partial charge in [0.1, 0.15) is 0 Å². The highest BCUT2D eigenvalue weighted by Crippen LogP contribution is 2.47. The Hall–Kier alpha value is -1.50. The van der Waals surface area contributed by atoms with E-state index in [9.17, 15) is 4.79 Å². The van der Waals surface area contributed by atoms with Gasteiger partial charge in [0.15, 0.2) is 0 Å². The Morgan fingerprint density at radius 1 is 1.21 bits per heavy atom. The molecule has 1 unspecified atom stereocenters. The molecule has 1 aromatic rings. The van der Waals surface area contributed by atoms with Crippen molar-refractivity contribution in [2.45, 2.75) is 69.1 Å². The van der Waals surface area contributed by atoms with E-state index in [-0.39, 0.29) is 11.4 Å². The van der Waals surface area contributed by atoms with E-state index >= 15 is 0 Å². The average molecular weight is 402 g/mol. The van der Waals surface area contributed by atoms with Crippen molar-refractivity contribution in [3.8, 4) is 0 Å². The van der Waals surface area contributed by atoms with Crippen LogP contribution in [0.5, 0.6) is 0 Å². The highest BCUT2D eigenvalue weighted by atomic mass is 16.5. The lowest BCUT2D eigenvalue weighted by molar-refractivity contribution is -0.204. The van der Waals surface area contributed by atoms with Crippen molar-refractivity contribution in [2.24, 2.45) is 0 Å². The number of nitrogens with zero attached hydrogens (tertiary/aromatic N) is 3. The quantitative estimate of drug-likeness (QED) is 0.658. The molecule has 0 radical (unpaired) electrons.